The third kappa shape index (κ3) is 5.82. The maximum Gasteiger partial charge on any atom is 0.291 e. The lowest BCUT2D eigenvalue weighted by atomic mass is 10.2. The molecule has 2 N–H and O–H groups in total. The first-order valence-electron chi connectivity index (χ1n) is 10.9. The lowest BCUT2D eigenvalue weighted by Gasteiger charge is -2.16. The maximum atomic E-state index is 13.0. The largest absolute Gasteiger partial charge is 0.494 e. The monoisotopic (exact) mass is 490 g/mol. The second kappa shape index (κ2) is 11.1. The Morgan fingerprint density at radius 3 is 2.03 bits per heavy atom. The Morgan fingerprint density at radius 1 is 0.806 bits per heavy atom. The van der Waals surface area contributed by atoms with Crippen LogP contribution in [0.1, 0.15) is 26.7 Å². The molecule has 0 aliphatic carbocycles. The van der Waals surface area contributed by atoms with Crippen molar-refractivity contribution in [2.45, 2.75) is 6.61 Å². The van der Waals surface area contributed by atoms with Crippen LogP contribution >= 0.6 is 0 Å². The minimum atomic E-state index is -0.524. The molecule has 0 bridgehead atoms. The zero-order chi connectivity index (χ0) is 25.5. The van der Waals surface area contributed by atoms with Gasteiger partial charge in [-0.3, -0.25) is 9.59 Å². The van der Waals surface area contributed by atoms with Gasteiger partial charge >= 0.3 is 0 Å². The number of carbonyl (C=O) groups excluding carboxylic acids is 2. The van der Waals surface area contributed by atoms with Crippen molar-refractivity contribution >= 4 is 23.2 Å². The number of rotatable bonds is 9. The van der Waals surface area contributed by atoms with Crippen LogP contribution in [0.15, 0.2) is 83.3 Å². The third-order valence-corrected chi connectivity index (χ3v) is 5.13. The van der Waals surface area contributed by atoms with Gasteiger partial charge in [0.05, 0.1) is 25.6 Å². The molecule has 36 heavy (non-hydrogen) atoms. The molecule has 0 saturated carbocycles. The number of methoxy groups -OCH3 is 2. The van der Waals surface area contributed by atoms with Crippen molar-refractivity contribution in [3.63, 3.8) is 0 Å². The summed E-state index contributed by atoms with van der Waals surface area (Å²) in [5.74, 6) is 0.349. The standard InChI is InChI=1S/C27H23FN2O6/c1-33-24-15-22(25(34-2)14-21(24)29-26(31)17-6-4-3-5-7-17)30-27(32)23-13-12-20(36-23)16-35-19-10-8-18(28)9-11-19/h3-15H,16H2,1-2H3,(H,29,31)(H,30,32). The number of benzene rings is 3. The van der Waals surface area contributed by atoms with Crippen LogP contribution in [0, 0.1) is 5.82 Å². The average Bonchev–Trinajstić information content (AvgIpc) is 3.38. The van der Waals surface area contributed by atoms with Gasteiger partial charge in [-0.25, -0.2) is 4.39 Å². The maximum absolute atomic E-state index is 13.0. The Hall–Kier alpha value is -4.79. The molecule has 2 amide bonds. The van der Waals surface area contributed by atoms with E-state index in [0.29, 0.717) is 39.9 Å². The molecule has 184 valence electrons. The van der Waals surface area contributed by atoms with Gasteiger partial charge in [-0.05, 0) is 48.5 Å². The summed E-state index contributed by atoms with van der Waals surface area (Å²) in [6.07, 6.45) is 0. The Kier molecular flexibility index (Phi) is 7.50. The van der Waals surface area contributed by atoms with Gasteiger partial charge in [0.15, 0.2) is 5.76 Å². The first-order valence-corrected chi connectivity index (χ1v) is 10.9. The van der Waals surface area contributed by atoms with E-state index < -0.39 is 5.91 Å². The van der Waals surface area contributed by atoms with Gasteiger partial charge in [0.25, 0.3) is 11.8 Å². The molecule has 8 nitrogen and oxygen atoms in total. The highest BCUT2D eigenvalue weighted by Gasteiger charge is 2.18. The Balaban J connectivity index is 1.46. The molecule has 1 heterocycles. The van der Waals surface area contributed by atoms with E-state index >= 15 is 0 Å². The minimum absolute atomic E-state index is 0.0511. The Labute approximate surface area is 206 Å². The first kappa shape index (κ1) is 24.3. The third-order valence-electron chi connectivity index (χ3n) is 5.13. The van der Waals surface area contributed by atoms with E-state index in [1.54, 1.807) is 42.5 Å². The van der Waals surface area contributed by atoms with Crippen molar-refractivity contribution in [1.29, 1.82) is 0 Å². The van der Waals surface area contributed by atoms with E-state index in [9.17, 15) is 14.0 Å². The summed E-state index contributed by atoms with van der Waals surface area (Å²) in [6.45, 7) is 0.0614. The SMILES string of the molecule is COc1cc(NC(=O)c2ccc(COc3ccc(F)cc3)o2)c(OC)cc1NC(=O)c1ccccc1. The van der Waals surface area contributed by atoms with E-state index in [0.717, 1.165) is 0 Å². The molecule has 0 unspecified atom stereocenters. The second-order valence-corrected chi connectivity index (χ2v) is 7.54. The molecule has 0 fully saturated rings. The molecule has 1 aromatic heterocycles. The number of furan rings is 1. The van der Waals surface area contributed by atoms with Crippen molar-refractivity contribution < 1.29 is 32.6 Å². The van der Waals surface area contributed by atoms with E-state index in [2.05, 4.69) is 10.6 Å². The molecule has 0 saturated heterocycles. The predicted molar refractivity (Wildman–Crippen MR) is 131 cm³/mol. The topological polar surface area (TPSA) is 99.0 Å². The fraction of sp³-hybridized carbons (Fsp3) is 0.111. The summed E-state index contributed by atoms with van der Waals surface area (Å²) in [6, 6.07) is 20.5. The van der Waals surface area contributed by atoms with Crippen molar-refractivity contribution in [3.05, 3.63) is 102 Å². The van der Waals surface area contributed by atoms with Gasteiger partial charge < -0.3 is 29.3 Å². The van der Waals surface area contributed by atoms with E-state index in [1.807, 2.05) is 6.07 Å². The van der Waals surface area contributed by atoms with Crippen LogP contribution in [0.5, 0.6) is 17.2 Å². The summed E-state index contributed by atoms with van der Waals surface area (Å²) in [7, 11) is 2.89. The molecule has 0 aliphatic rings. The molecule has 4 rings (SSSR count). The van der Waals surface area contributed by atoms with Gasteiger partial charge in [-0.1, -0.05) is 18.2 Å². The fourth-order valence-corrected chi connectivity index (χ4v) is 3.32. The zero-order valence-corrected chi connectivity index (χ0v) is 19.5. The van der Waals surface area contributed by atoms with Crippen LogP contribution in [0.3, 0.4) is 0 Å². The van der Waals surface area contributed by atoms with Crippen molar-refractivity contribution in [1.82, 2.24) is 0 Å². The van der Waals surface area contributed by atoms with Gasteiger partial charge in [-0.2, -0.15) is 0 Å². The number of nitrogens with one attached hydrogen (secondary N) is 2. The minimum Gasteiger partial charge on any atom is -0.494 e. The molecule has 9 heteroatoms. The summed E-state index contributed by atoms with van der Waals surface area (Å²) in [5, 5.41) is 5.51. The van der Waals surface area contributed by atoms with E-state index in [1.165, 1.54) is 44.6 Å². The Morgan fingerprint density at radius 2 is 1.42 bits per heavy atom. The number of hydrogen-bond acceptors (Lipinski definition) is 6. The van der Waals surface area contributed by atoms with Crippen LogP contribution in [-0.2, 0) is 6.61 Å². The lowest BCUT2D eigenvalue weighted by molar-refractivity contribution is 0.0990. The lowest BCUT2D eigenvalue weighted by Crippen LogP contribution is -2.14. The number of halogens is 1. The molecule has 4 aromatic rings. The van der Waals surface area contributed by atoms with Gasteiger partial charge in [-0.15, -0.1) is 0 Å². The highest BCUT2D eigenvalue weighted by molar-refractivity contribution is 6.06. The van der Waals surface area contributed by atoms with Crippen molar-refractivity contribution in [2.24, 2.45) is 0 Å². The van der Waals surface area contributed by atoms with Crippen LogP contribution < -0.4 is 24.8 Å². The van der Waals surface area contributed by atoms with E-state index in [-0.39, 0.29) is 24.1 Å². The molecular weight excluding hydrogens is 467 g/mol. The van der Waals surface area contributed by atoms with Crippen LogP contribution in [0.2, 0.25) is 0 Å². The molecule has 0 spiro atoms. The van der Waals surface area contributed by atoms with Crippen LogP contribution in [0.25, 0.3) is 0 Å². The summed E-state index contributed by atoms with van der Waals surface area (Å²) in [4.78, 5) is 25.4. The summed E-state index contributed by atoms with van der Waals surface area (Å²) >= 11 is 0. The normalized spacial score (nSPS) is 10.4. The molecule has 3 aromatic carbocycles. The highest BCUT2D eigenvalue weighted by atomic mass is 19.1. The molecule has 0 aliphatic heterocycles. The number of ether oxygens (including phenoxy) is 3. The van der Waals surface area contributed by atoms with Gasteiger partial charge in [0.2, 0.25) is 0 Å². The highest BCUT2D eigenvalue weighted by Crippen LogP contribution is 2.37. The second-order valence-electron chi connectivity index (χ2n) is 7.54. The van der Waals surface area contributed by atoms with Gasteiger partial charge in [0.1, 0.15) is 35.4 Å². The zero-order valence-electron chi connectivity index (χ0n) is 19.5. The average molecular weight is 490 g/mol. The smallest absolute Gasteiger partial charge is 0.291 e. The van der Waals surface area contributed by atoms with Crippen LogP contribution in [0.4, 0.5) is 15.8 Å². The summed E-state index contributed by atoms with van der Waals surface area (Å²) < 4.78 is 35.0. The first-order chi connectivity index (χ1) is 17.5. The summed E-state index contributed by atoms with van der Waals surface area (Å²) in [5.41, 5.74) is 1.17. The van der Waals surface area contributed by atoms with Crippen molar-refractivity contribution in [2.75, 3.05) is 24.9 Å². The number of amides is 2. The molecule has 0 atom stereocenters. The van der Waals surface area contributed by atoms with Gasteiger partial charge in [0, 0.05) is 17.7 Å². The van der Waals surface area contributed by atoms with E-state index in [4.69, 9.17) is 18.6 Å². The number of carbonyl (C=O) groups is 2. The molecule has 0 radical (unpaired) electrons. The molecular formula is C27H23FN2O6. The fourth-order valence-electron chi connectivity index (χ4n) is 3.32. The Bertz CT molecular complexity index is 1350. The quantitative estimate of drug-likeness (QED) is 0.321. The number of anilines is 2. The predicted octanol–water partition coefficient (Wildman–Crippen LogP) is 5.52. The van der Waals surface area contributed by atoms with Crippen molar-refractivity contribution in [3.8, 4) is 17.2 Å². The number of hydrogen-bond donors (Lipinski definition) is 2. The van der Waals surface area contributed by atoms with Crippen LogP contribution in [-0.4, -0.2) is 26.0 Å².